The molecule has 92 valence electrons. The number of anilines is 1. The number of aliphatic hydroxyl groups is 1. The quantitative estimate of drug-likeness (QED) is 0.773. The Morgan fingerprint density at radius 1 is 1.39 bits per heavy atom. The van der Waals surface area contributed by atoms with E-state index < -0.39 is 0 Å². The molecule has 2 heterocycles. The maximum absolute atomic E-state index is 8.54. The Balaban J connectivity index is 2.26. The molecule has 2 aromatic rings. The Kier molecular flexibility index (Phi) is 3.77. The van der Waals surface area contributed by atoms with Gasteiger partial charge in [0.2, 0.25) is 0 Å². The Morgan fingerprint density at radius 3 is 3.00 bits per heavy atom. The van der Waals surface area contributed by atoms with Crippen molar-refractivity contribution in [1.29, 1.82) is 0 Å². The van der Waals surface area contributed by atoms with Gasteiger partial charge in [-0.15, -0.1) is 10.2 Å². The number of rotatable bonds is 2. The molecule has 0 bridgehead atoms. The fourth-order valence-corrected chi connectivity index (χ4v) is 1.54. The van der Waals surface area contributed by atoms with Gasteiger partial charge in [-0.1, -0.05) is 23.4 Å². The molecule has 18 heavy (non-hydrogen) atoms. The highest BCUT2D eigenvalue weighted by Gasteiger charge is 2.08. The van der Waals surface area contributed by atoms with Crippen molar-refractivity contribution in [3.05, 3.63) is 23.6 Å². The van der Waals surface area contributed by atoms with Crippen LogP contribution in [0.25, 0.3) is 11.1 Å². The fraction of sp³-hybridized carbons (Fsp3) is 0.182. The van der Waals surface area contributed by atoms with Crippen LogP contribution in [-0.2, 0) is 6.54 Å². The van der Waals surface area contributed by atoms with E-state index in [2.05, 4.69) is 27.1 Å². The zero-order chi connectivity index (χ0) is 13.0. The number of nitrogens with zero attached hydrogens (tertiary/aromatic N) is 4. The largest absolute Gasteiger partial charge is 0.384 e. The van der Waals surface area contributed by atoms with Crippen molar-refractivity contribution in [3.8, 4) is 23.0 Å². The number of aliphatic hydroxyl groups excluding tert-OH is 1. The van der Waals surface area contributed by atoms with Crippen molar-refractivity contribution < 1.29 is 5.11 Å². The second-order valence-corrected chi connectivity index (χ2v) is 3.79. The Bertz CT molecular complexity index is 613. The number of hydrogen-bond donors (Lipinski definition) is 2. The second-order valence-electron chi connectivity index (χ2n) is 3.40. The third-order valence-electron chi connectivity index (χ3n) is 2.18. The van der Waals surface area contributed by atoms with E-state index in [-0.39, 0.29) is 11.8 Å². The Labute approximate surface area is 108 Å². The molecule has 2 aromatic heterocycles. The van der Waals surface area contributed by atoms with Gasteiger partial charge in [0.05, 0.1) is 6.20 Å². The summed E-state index contributed by atoms with van der Waals surface area (Å²) in [6.07, 6.45) is 3.42. The number of nitrogen functional groups attached to an aromatic ring is 1. The highest BCUT2D eigenvalue weighted by molar-refractivity contribution is 6.29. The zero-order valence-corrected chi connectivity index (χ0v) is 10.1. The lowest BCUT2D eigenvalue weighted by Crippen LogP contribution is -1.97. The van der Waals surface area contributed by atoms with E-state index in [9.17, 15) is 0 Å². The standard InChI is InChI=1S/C11H10ClN5O/c12-10-5-9(11(13)16-15-10)8-6-14-17(7-8)3-1-2-4-18/h5-7,18H,3-4H2,(H2,13,16). The average molecular weight is 264 g/mol. The molecule has 0 aliphatic heterocycles. The number of halogens is 1. The van der Waals surface area contributed by atoms with Gasteiger partial charge in [-0.25, -0.2) is 0 Å². The SMILES string of the molecule is Nc1nnc(Cl)cc1-c1cnn(CC#CCO)c1. The van der Waals surface area contributed by atoms with Crippen LogP contribution in [0.5, 0.6) is 0 Å². The van der Waals surface area contributed by atoms with Crippen LogP contribution in [0.2, 0.25) is 5.15 Å². The molecule has 2 rings (SSSR count). The van der Waals surface area contributed by atoms with Crippen LogP contribution in [0.1, 0.15) is 0 Å². The fourth-order valence-electron chi connectivity index (χ4n) is 1.39. The van der Waals surface area contributed by atoms with E-state index in [4.69, 9.17) is 22.4 Å². The zero-order valence-electron chi connectivity index (χ0n) is 9.34. The van der Waals surface area contributed by atoms with Crippen molar-refractivity contribution in [2.24, 2.45) is 0 Å². The topological polar surface area (TPSA) is 89.9 Å². The molecule has 3 N–H and O–H groups in total. The predicted octanol–water partition coefficient (Wildman–Crippen LogP) is 0.571. The van der Waals surface area contributed by atoms with Gasteiger partial charge in [0.1, 0.15) is 13.2 Å². The molecule has 0 aromatic carbocycles. The van der Waals surface area contributed by atoms with Gasteiger partial charge >= 0.3 is 0 Å². The molecule has 0 amide bonds. The van der Waals surface area contributed by atoms with E-state index in [1.165, 1.54) is 0 Å². The highest BCUT2D eigenvalue weighted by Crippen LogP contribution is 2.25. The number of nitrogens with two attached hydrogens (primary N) is 1. The van der Waals surface area contributed by atoms with Gasteiger partial charge in [-0.3, -0.25) is 4.68 Å². The molecule has 6 nitrogen and oxygen atoms in total. The minimum absolute atomic E-state index is 0.162. The maximum atomic E-state index is 8.54. The minimum atomic E-state index is -0.162. The molecular formula is C11H10ClN5O. The summed E-state index contributed by atoms with van der Waals surface area (Å²) in [6.45, 7) is 0.234. The summed E-state index contributed by atoms with van der Waals surface area (Å²) in [5, 5.41) is 20.3. The van der Waals surface area contributed by atoms with Crippen LogP contribution < -0.4 is 5.73 Å². The molecule has 0 unspecified atom stereocenters. The average Bonchev–Trinajstić information content (AvgIpc) is 2.81. The van der Waals surface area contributed by atoms with Gasteiger partial charge in [0, 0.05) is 17.3 Å². The molecule has 0 spiro atoms. The van der Waals surface area contributed by atoms with E-state index >= 15 is 0 Å². The van der Waals surface area contributed by atoms with Gasteiger partial charge < -0.3 is 10.8 Å². The number of aromatic nitrogens is 4. The lowest BCUT2D eigenvalue weighted by atomic mass is 10.1. The first-order valence-electron chi connectivity index (χ1n) is 5.09. The summed E-state index contributed by atoms with van der Waals surface area (Å²) in [5.41, 5.74) is 7.19. The van der Waals surface area contributed by atoms with Crippen molar-refractivity contribution in [1.82, 2.24) is 20.0 Å². The van der Waals surface area contributed by atoms with E-state index in [0.29, 0.717) is 17.9 Å². The molecule has 0 saturated heterocycles. The third kappa shape index (κ3) is 2.77. The van der Waals surface area contributed by atoms with Gasteiger partial charge in [-0.2, -0.15) is 5.10 Å². The number of hydrogen-bond acceptors (Lipinski definition) is 5. The van der Waals surface area contributed by atoms with Gasteiger partial charge in [-0.05, 0) is 6.07 Å². The van der Waals surface area contributed by atoms with Gasteiger partial charge in [0.15, 0.2) is 11.0 Å². The molecule has 0 radical (unpaired) electrons. The van der Waals surface area contributed by atoms with E-state index in [1.807, 2.05) is 0 Å². The van der Waals surface area contributed by atoms with E-state index in [1.54, 1.807) is 23.1 Å². The molecule has 0 fully saturated rings. The van der Waals surface area contributed by atoms with Crippen molar-refractivity contribution >= 4 is 17.4 Å². The Hall–Kier alpha value is -2.10. The summed E-state index contributed by atoms with van der Waals surface area (Å²) in [5.74, 6) is 5.59. The first-order chi connectivity index (χ1) is 8.70. The lowest BCUT2D eigenvalue weighted by molar-refractivity contribution is 0.350. The summed E-state index contributed by atoms with van der Waals surface area (Å²) >= 11 is 5.77. The Morgan fingerprint density at radius 2 is 2.22 bits per heavy atom. The first-order valence-corrected chi connectivity index (χ1v) is 5.46. The minimum Gasteiger partial charge on any atom is -0.384 e. The van der Waals surface area contributed by atoms with Crippen LogP contribution in [0.4, 0.5) is 5.82 Å². The van der Waals surface area contributed by atoms with Crippen molar-refractivity contribution in [2.75, 3.05) is 12.3 Å². The second kappa shape index (κ2) is 5.49. The van der Waals surface area contributed by atoms with Gasteiger partial charge in [0.25, 0.3) is 0 Å². The monoisotopic (exact) mass is 263 g/mol. The predicted molar refractivity (Wildman–Crippen MR) is 67.5 cm³/mol. The lowest BCUT2D eigenvalue weighted by Gasteiger charge is -2.00. The smallest absolute Gasteiger partial charge is 0.154 e. The summed E-state index contributed by atoms with van der Waals surface area (Å²) in [7, 11) is 0. The van der Waals surface area contributed by atoms with Crippen molar-refractivity contribution in [2.45, 2.75) is 6.54 Å². The molecule has 7 heteroatoms. The summed E-state index contributed by atoms with van der Waals surface area (Å²) in [4.78, 5) is 0. The molecule has 0 atom stereocenters. The summed E-state index contributed by atoms with van der Waals surface area (Å²) in [6, 6.07) is 1.63. The molecule has 0 saturated carbocycles. The normalized spacial score (nSPS) is 9.89. The third-order valence-corrected chi connectivity index (χ3v) is 2.37. The molecule has 0 aliphatic rings. The first kappa shape index (κ1) is 12.4. The van der Waals surface area contributed by atoms with Crippen molar-refractivity contribution in [3.63, 3.8) is 0 Å². The van der Waals surface area contributed by atoms with Crippen LogP contribution in [0.15, 0.2) is 18.5 Å². The molecular weight excluding hydrogens is 254 g/mol. The van der Waals surface area contributed by atoms with E-state index in [0.717, 1.165) is 5.56 Å². The van der Waals surface area contributed by atoms with Crippen LogP contribution >= 0.6 is 11.6 Å². The summed E-state index contributed by atoms with van der Waals surface area (Å²) < 4.78 is 1.63. The molecule has 0 aliphatic carbocycles. The van der Waals surface area contributed by atoms with Crippen LogP contribution in [-0.4, -0.2) is 31.7 Å². The highest BCUT2D eigenvalue weighted by atomic mass is 35.5. The maximum Gasteiger partial charge on any atom is 0.154 e. The van der Waals surface area contributed by atoms with Crippen LogP contribution in [0.3, 0.4) is 0 Å². The van der Waals surface area contributed by atoms with Crippen LogP contribution in [0, 0.1) is 11.8 Å².